The zero-order chi connectivity index (χ0) is 10.8. The first-order chi connectivity index (χ1) is 6.38. The van der Waals surface area contributed by atoms with Gasteiger partial charge in [0.15, 0.2) is 0 Å². The highest BCUT2D eigenvalue weighted by Crippen LogP contribution is 2.14. The van der Waals surface area contributed by atoms with Crippen LogP contribution in [0.2, 0.25) is 0 Å². The van der Waals surface area contributed by atoms with Crippen molar-refractivity contribution in [3.63, 3.8) is 0 Å². The van der Waals surface area contributed by atoms with E-state index in [4.69, 9.17) is 0 Å². The van der Waals surface area contributed by atoms with Crippen molar-refractivity contribution in [2.24, 2.45) is 5.41 Å². The highest BCUT2D eigenvalue weighted by Gasteiger charge is 2.09. The molecule has 0 saturated heterocycles. The van der Waals surface area contributed by atoms with Gasteiger partial charge < -0.3 is 5.32 Å². The van der Waals surface area contributed by atoms with Crippen molar-refractivity contribution >= 4 is 5.82 Å². The number of hydrogen-bond donors (Lipinski definition) is 1. The van der Waals surface area contributed by atoms with E-state index in [0.717, 1.165) is 23.8 Å². The lowest BCUT2D eigenvalue weighted by molar-refractivity contribution is 0.442. The zero-order valence-corrected chi connectivity index (χ0v) is 9.68. The Morgan fingerprint density at radius 2 is 1.86 bits per heavy atom. The van der Waals surface area contributed by atoms with E-state index in [9.17, 15) is 0 Å². The van der Waals surface area contributed by atoms with Crippen molar-refractivity contribution in [2.45, 2.75) is 34.6 Å². The van der Waals surface area contributed by atoms with Crippen LogP contribution in [0.5, 0.6) is 0 Å². The second kappa shape index (κ2) is 3.95. The lowest BCUT2D eigenvalue weighted by Crippen LogP contribution is -2.19. The molecule has 1 heterocycles. The van der Waals surface area contributed by atoms with Crippen LogP contribution in [-0.4, -0.2) is 16.5 Å². The summed E-state index contributed by atoms with van der Waals surface area (Å²) in [6.45, 7) is 11.4. The van der Waals surface area contributed by atoms with Crippen LogP contribution in [-0.2, 0) is 0 Å². The van der Waals surface area contributed by atoms with Crippen molar-refractivity contribution in [2.75, 3.05) is 11.9 Å². The highest BCUT2D eigenvalue weighted by molar-refractivity contribution is 5.33. The molecule has 0 radical (unpaired) electrons. The summed E-state index contributed by atoms with van der Waals surface area (Å²) in [6.07, 6.45) is 1.79. The van der Waals surface area contributed by atoms with Crippen molar-refractivity contribution < 1.29 is 0 Å². The van der Waals surface area contributed by atoms with Gasteiger partial charge in [0, 0.05) is 6.54 Å². The molecule has 0 amide bonds. The second-order valence-electron chi connectivity index (χ2n) is 4.84. The van der Waals surface area contributed by atoms with Crippen molar-refractivity contribution in [3.05, 3.63) is 17.6 Å². The smallest absolute Gasteiger partial charge is 0.144 e. The van der Waals surface area contributed by atoms with Crippen LogP contribution in [0.1, 0.15) is 32.2 Å². The number of hydrogen-bond acceptors (Lipinski definition) is 3. The first-order valence-corrected chi connectivity index (χ1v) is 4.92. The van der Waals surface area contributed by atoms with E-state index in [0.29, 0.717) is 0 Å². The SMILES string of the molecule is Cc1ncc(NCC(C)(C)C)nc1C. The maximum absolute atomic E-state index is 4.40. The van der Waals surface area contributed by atoms with Crippen LogP contribution in [0.3, 0.4) is 0 Å². The summed E-state index contributed by atoms with van der Waals surface area (Å²) < 4.78 is 0. The van der Waals surface area contributed by atoms with Gasteiger partial charge in [-0.05, 0) is 19.3 Å². The Morgan fingerprint density at radius 1 is 1.21 bits per heavy atom. The van der Waals surface area contributed by atoms with Crippen molar-refractivity contribution in [1.29, 1.82) is 0 Å². The summed E-state index contributed by atoms with van der Waals surface area (Å²) in [7, 11) is 0. The average Bonchev–Trinajstić information content (AvgIpc) is 2.06. The Balaban J connectivity index is 2.65. The third-order valence-corrected chi connectivity index (χ3v) is 1.99. The van der Waals surface area contributed by atoms with Crippen molar-refractivity contribution in [1.82, 2.24) is 9.97 Å². The van der Waals surface area contributed by atoms with Crippen LogP contribution in [0.4, 0.5) is 5.82 Å². The molecule has 1 aromatic rings. The number of nitrogens with zero attached hydrogens (tertiary/aromatic N) is 2. The number of aryl methyl sites for hydroxylation is 2. The van der Waals surface area contributed by atoms with E-state index in [1.54, 1.807) is 6.20 Å². The Hall–Kier alpha value is -1.12. The lowest BCUT2D eigenvalue weighted by atomic mass is 9.97. The molecule has 0 aliphatic heterocycles. The molecule has 78 valence electrons. The summed E-state index contributed by atoms with van der Waals surface area (Å²) in [5.41, 5.74) is 2.25. The molecule has 0 bridgehead atoms. The second-order valence-corrected chi connectivity index (χ2v) is 4.84. The molecule has 0 aromatic carbocycles. The molecule has 0 unspecified atom stereocenters. The van der Waals surface area contributed by atoms with Gasteiger partial charge in [-0.2, -0.15) is 0 Å². The predicted molar refractivity (Wildman–Crippen MR) is 59.5 cm³/mol. The fourth-order valence-corrected chi connectivity index (χ4v) is 0.983. The molecule has 0 atom stereocenters. The van der Waals surface area contributed by atoms with E-state index in [-0.39, 0.29) is 5.41 Å². The molecule has 0 fully saturated rings. The van der Waals surface area contributed by atoms with Crippen LogP contribution in [0.25, 0.3) is 0 Å². The fourth-order valence-electron chi connectivity index (χ4n) is 0.983. The van der Waals surface area contributed by atoms with E-state index in [1.807, 2.05) is 13.8 Å². The molecule has 3 heteroatoms. The molecule has 1 N–H and O–H groups in total. The molecule has 0 aliphatic rings. The Kier molecular flexibility index (Phi) is 3.09. The molecule has 0 spiro atoms. The Bertz CT molecular complexity index is 313. The minimum absolute atomic E-state index is 0.264. The van der Waals surface area contributed by atoms with E-state index in [1.165, 1.54) is 0 Å². The summed E-state index contributed by atoms with van der Waals surface area (Å²) in [5, 5.41) is 3.28. The summed E-state index contributed by atoms with van der Waals surface area (Å²) >= 11 is 0. The summed E-state index contributed by atoms with van der Waals surface area (Å²) in [5.74, 6) is 0.864. The van der Waals surface area contributed by atoms with Gasteiger partial charge in [-0.25, -0.2) is 4.98 Å². The maximum atomic E-state index is 4.40. The fraction of sp³-hybridized carbons (Fsp3) is 0.636. The zero-order valence-electron chi connectivity index (χ0n) is 9.68. The molecular weight excluding hydrogens is 174 g/mol. The van der Waals surface area contributed by atoms with Gasteiger partial charge in [0.2, 0.25) is 0 Å². The van der Waals surface area contributed by atoms with Gasteiger partial charge in [0.1, 0.15) is 5.82 Å². The van der Waals surface area contributed by atoms with Crippen LogP contribution >= 0.6 is 0 Å². The quantitative estimate of drug-likeness (QED) is 0.784. The lowest BCUT2D eigenvalue weighted by Gasteiger charge is -2.19. The molecular formula is C11H19N3. The number of nitrogens with one attached hydrogen (secondary N) is 1. The topological polar surface area (TPSA) is 37.8 Å². The Morgan fingerprint density at radius 3 is 2.36 bits per heavy atom. The Labute approximate surface area is 86.0 Å². The normalized spacial score (nSPS) is 11.5. The third kappa shape index (κ3) is 3.32. The maximum Gasteiger partial charge on any atom is 0.144 e. The van der Waals surface area contributed by atoms with Crippen LogP contribution < -0.4 is 5.32 Å². The number of aromatic nitrogens is 2. The molecule has 0 saturated carbocycles. The van der Waals surface area contributed by atoms with E-state index >= 15 is 0 Å². The van der Waals surface area contributed by atoms with Gasteiger partial charge in [-0.3, -0.25) is 4.98 Å². The van der Waals surface area contributed by atoms with Gasteiger partial charge >= 0.3 is 0 Å². The molecule has 14 heavy (non-hydrogen) atoms. The van der Waals surface area contributed by atoms with Gasteiger partial charge in [-0.1, -0.05) is 20.8 Å². The van der Waals surface area contributed by atoms with Gasteiger partial charge in [0.05, 0.1) is 17.6 Å². The largest absolute Gasteiger partial charge is 0.368 e. The van der Waals surface area contributed by atoms with Crippen LogP contribution in [0.15, 0.2) is 6.20 Å². The van der Waals surface area contributed by atoms with Gasteiger partial charge in [-0.15, -0.1) is 0 Å². The first-order valence-electron chi connectivity index (χ1n) is 4.92. The average molecular weight is 193 g/mol. The standard InChI is InChI=1S/C11H19N3/c1-8-9(2)14-10(6-12-8)13-7-11(3,4)5/h6H,7H2,1-5H3,(H,13,14). The van der Waals surface area contributed by atoms with E-state index < -0.39 is 0 Å². The molecule has 0 aliphatic carbocycles. The molecule has 1 rings (SSSR count). The molecule has 3 nitrogen and oxygen atoms in total. The highest BCUT2D eigenvalue weighted by atomic mass is 15.0. The van der Waals surface area contributed by atoms with Crippen LogP contribution in [0, 0.1) is 19.3 Å². The van der Waals surface area contributed by atoms with E-state index in [2.05, 4.69) is 36.1 Å². The predicted octanol–water partition coefficient (Wildman–Crippen LogP) is 2.55. The van der Waals surface area contributed by atoms with Crippen molar-refractivity contribution in [3.8, 4) is 0 Å². The third-order valence-electron chi connectivity index (χ3n) is 1.99. The van der Waals surface area contributed by atoms with Gasteiger partial charge in [0.25, 0.3) is 0 Å². The minimum atomic E-state index is 0.264. The minimum Gasteiger partial charge on any atom is -0.368 e. The molecule has 1 aromatic heterocycles. The number of anilines is 1. The number of rotatable bonds is 2. The summed E-state index contributed by atoms with van der Waals surface area (Å²) in [4.78, 5) is 8.66. The first kappa shape index (κ1) is 11.0. The monoisotopic (exact) mass is 193 g/mol. The summed E-state index contributed by atoms with van der Waals surface area (Å²) in [6, 6.07) is 0.